The van der Waals surface area contributed by atoms with Gasteiger partial charge in [-0.2, -0.15) is 0 Å². The van der Waals surface area contributed by atoms with Crippen molar-refractivity contribution in [3.63, 3.8) is 0 Å². The first-order chi connectivity index (χ1) is 6.51. The van der Waals surface area contributed by atoms with E-state index in [1.54, 1.807) is 13.8 Å². The molecule has 8 heteroatoms. The highest BCUT2D eigenvalue weighted by atomic mass is 16.8. The highest BCUT2D eigenvalue weighted by Gasteiger charge is 2.21. The minimum absolute atomic E-state index is 0.249. The molecular weight excluding hydrogens is 192 g/mol. The minimum Gasteiger partial charge on any atom is -0.344 e. The monoisotopic (exact) mass is 206 g/mol. The lowest BCUT2D eigenvalue weighted by molar-refractivity contribution is -0.218. The summed E-state index contributed by atoms with van der Waals surface area (Å²) in [7, 11) is 0. The Balaban J connectivity index is 3.94. The number of carbonyl (C=O) groups excluding carboxylic acids is 2. The van der Waals surface area contributed by atoms with E-state index in [0.717, 1.165) is 0 Å². The Morgan fingerprint density at radius 2 is 1.29 bits per heavy atom. The van der Waals surface area contributed by atoms with E-state index in [-0.39, 0.29) is 13.1 Å². The second kappa shape index (κ2) is 6.27. The molecule has 0 aromatic rings. The van der Waals surface area contributed by atoms with Crippen molar-refractivity contribution in [2.45, 2.75) is 13.8 Å². The van der Waals surface area contributed by atoms with Gasteiger partial charge < -0.3 is 9.68 Å². The van der Waals surface area contributed by atoms with Crippen molar-refractivity contribution in [1.29, 1.82) is 0 Å². The van der Waals surface area contributed by atoms with E-state index in [4.69, 9.17) is 11.7 Å². The second-order valence-corrected chi connectivity index (χ2v) is 2.22. The van der Waals surface area contributed by atoms with Crippen LogP contribution in [0, 0.1) is 0 Å². The van der Waals surface area contributed by atoms with Crippen LogP contribution in [0.1, 0.15) is 13.8 Å². The van der Waals surface area contributed by atoms with Crippen molar-refractivity contribution >= 4 is 11.9 Å². The number of rotatable bonds is 4. The van der Waals surface area contributed by atoms with Gasteiger partial charge in [0.05, 0.1) is 0 Å². The Hall–Kier alpha value is -1.22. The van der Waals surface area contributed by atoms with Gasteiger partial charge in [-0.1, -0.05) is 10.3 Å². The van der Waals surface area contributed by atoms with E-state index < -0.39 is 11.9 Å². The van der Waals surface area contributed by atoms with Crippen LogP contribution < -0.4 is 11.7 Å². The minimum atomic E-state index is -1.22. The number of nitrogens with two attached hydrogens (primary N) is 2. The third-order valence-corrected chi connectivity index (χ3v) is 1.19. The van der Waals surface area contributed by atoms with E-state index in [1.165, 1.54) is 0 Å². The lowest BCUT2D eigenvalue weighted by Gasteiger charge is -2.14. The predicted octanol–water partition coefficient (Wildman–Crippen LogP) is -1.71. The summed E-state index contributed by atoms with van der Waals surface area (Å²) in [6.45, 7) is 3.78. The van der Waals surface area contributed by atoms with Gasteiger partial charge in [0.2, 0.25) is 0 Å². The van der Waals surface area contributed by atoms with Gasteiger partial charge in [0.1, 0.15) is 0 Å². The molecule has 0 atom stereocenters. The van der Waals surface area contributed by atoms with Crippen LogP contribution in [0.4, 0.5) is 0 Å². The van der Waals surface area contributed by atoms with Gasteiger partial charge in [-0.15, -0.1) is 0 Å². The summed E-state index contributed by atoms with van der Waals surface area (Å²) in [5.74, 6) is 7.78. The van der Waals surface area contributed by atoms with Crippen molar-refractivity contribution in [1.82, 2.24) is 10.3 Å². The Kier molecular flexibility index (Phi) is 5.72. The molecule has 0 saturated heterocycles. The molecule has 0 aliphatic rings. The maximum absolute atomic E-state index is 10.9. The summed E-state index contributed by atoms with van der Waals surface area (Å²) in [4.78, 5) is 30.4. The molecule has 0 aromatic carbocycles. The van der Waals surface area contributed by atoms with Crippen LogP contribution in [0.25, 0.3) is 0 Å². The zero-order valence-electron chi connectivity index (χ0n) is 8.10. The summed E-state index contributed by atoms with van der Waals surface area (Å²) < 4.78 is 0. The third-order valence-electron chi connectivity index (χ3n) is 1.19. The van der Waals surface area contributed by atoms with E-state index in [2.05, 4.69) is 9.68 Å². The molecule has 0 unspecified atom stereocenters. The van der Waals surface area contributed by atoms with Gasteiger partial charge in [-0.3, -0.25) is 0 Å². The second-order valence-electron chi connectivity index (χ2n) is 2.22. The van der Waals surface area contributed by atoms with Gasteiger partial charge in [0, 0.05) is 13.1 Å². The fourth-order valence-electron chi connectivity index (χ4n) is 0.417. The maximum atomic E-state index is 10.9. The summed E-state index contributed by atoms with van der Waals surface area (Å²) in [6.07, 6.45) is 0. The van der Waals surface area contributed by atoms with Gasteiger partial charge in [0.15, 0.2) is 0 Å². The van der Waals surface area contributed by atoms with Gasteiger partial charge in [0.25, 0.3) is 0 Å². The van der Waals surface area contributed by atoms with E-state index in [9.17, 15) is 9.59 Å². The quantitative estimate of drug-likeness (QED) is 0.318. The Bertz CT molecular complexity index is 188. The average Bonchev–Trinajstić information content (AvgIpc) is 2.17. The smallest absolute Gasteiger partial charge is 0.344 e. The average molecular weight is 206 g/mol. The molecule has 14 heavy (non-hydrogen) atoms. The predicted molar refractivity (Wildman–Crippen MR) is 45.3 cm³/mol. The number of hydrazine groups is 2. The van der Waals surface area contributed by atoms with Crippen LogP contribution in [-0.2, 0) is 19.3 Å². The lowest BCUT2D eigenvalue weighted by Crippen LogP contribution is -2.40. The molecule has 0 rings (SSSR count). The maximum Gasteiger partial charge on any atom is 0.439 e. The van der Waals surface area contributed by atoms with Crippen molar-refractivity contribution < 1.29 is 19.3 Å². The molecule has 4 N–H and O–H groups in total. The van der Waals surface area contributed by atoms with Gasteiger partial charge >= 0.3 is 11.9 Å². The molecule has 8 nitrogen and oxygen atoms in total. The fraction of sp³-hybridized carbons (Fsp3) is 0.667. The topological polar surface area (TPSA) is 111 Å². The van der Waals surface area contributed by atoms with E-state index in [1.807, 2.05) is 0 Å². The molecule has 0 heterocycles. The number of nitrogens with zero attached hydrogens (tertiary/aromatic N) is 2. The van der Waals surface area contributed by atoms with Gasteiger partial charge in [-0.05, 0) is 13.8 Å². The molecule has 82 valence electrons. The Labute approximate surface area is 81.2 Å². The summed E-state index contributed by atoms with van der Waals surface area (Å²) >= 11 is 0. The third kappa shape index (κ3) is 4.72. The molecule has 0 aromatic heterocycles. The molecule has 0 bridgehead atoms. The normalized spacial score (nSPS) is 10.4. The summed E-state index contributed by atoms with van der Waals surface area (Å²) in [5.41, 5.74) is 0. The largest absolute Gasteiger partial charge is 0.439 e. The molecule has 0 aliphatic heterocycles. The Morgan fingerprint density at radius 3 is 1.50 bits per heavy atom. The molecule has 0 spiro atoms. The van der Waals surface area contributed by atoms with Crippen LogP contribution in [-0.4, -0.2) is 35.4 Å². The molecule has 0 radical (unpaired) electrons. The highest BCUT2D eigenvalue weighted by Crippen LogP contribution is 1.88. The number of hydroxylamine groups is 2. The first kappa shape index (κ1) is 12.8. The van der Waals surface area contributed by atoms with Gasteiger partial charge in [-0.25, -0.2) is 21.3 Å². The lowest BCUT2D eigenvalue weighted by atomic mass is 10.7. The first-order valence-electron chi connectivity index (χ1n) is 3.99. The van der Waals surface area contributed by atoms with Crippen molar-refractivity contribution in [3.05, 3.63) is 0 Å². The first-order valence-corrected chi connectivity index (χ1v) is 3.99. The molecule has 0 amide bonds. The van der Waals surface area contributed by atoms with E-state index in [0.29, 0.717) is 10.3 Å². The highest BCUT2D eigenvalue weighted by molar-refractivity contribution is 6.29. The zero-order chi connectivity index (χ0) is 11.1. The number of hydrogen-bond acceptors (Lipinski definition) is 8. The SMILES string of the molecule is CCN(N)OC(=O)C(=O)ON(N)CC. The van der Waals surface area contributed by atoms with Crippen molar-refractivity contribution in [3.8, 4) is 0 Å². The molecule has 0 fully saturated rings. The summed E-state index contributed by atoms with van der Waals surface area (Å²) in [6, 6.07) is 0. The van der Waals surface area contributed by atoms with Crippen molar-refractivity contribution in [2.75, 3.05) is 13.1 Å². The summed E-state index contributed by atoms with van der Waals surface area (Å²) in [5, 5.41) is 1.41. The van der Waals surface area contributed by atoms with E-state index >= 15 is 0 Å². The Morgan fingerprint density at radius 1 is 1.00 bits per heavy atom. The van der Waals surface area contributed by atoms with Crippen LogP contribution in [0.15, 0.2) is 0 Å². The van der Waals surface area contributed by atoms with Crippen LogP contribution >= 0.6 is 0 Å². The molecular formula is C6H14N4O4. The molecule has 0 aliphatic carbocycles. The van der Waals surface area contributed by atoms with Crippen LogP contribution in [0.5, 0.6) is 0 Å². The fourth-order valence-corrected chi connectivity index (χ4v) is 0.417. The zero-order valence-corrected chi connectivity index (χ0v) is 8.10. The van der Waals surface area contributed by atoms with Crippen molar-refractivity contribution in [2.24, 2.45) is 11.7 Å². The van der Waals surface area contributed by atoms with Crippen LogP contribution in [0.2, 0.25) is 0 Å². The number of carbonyl (C=O) groups is 2. The standard InChI is InChI=1S/C6H14N4O4/c1-3-9(7)13-5(11)6(12)14-10(8)4-2/h3-4,7-8H2,1-2H3. The number of hydrogen-bond donors (Lipinski definition) is 2. The van der Waals surface area contributed by atoms with Crippen LogP contribution in [0.3, 0.4) is 0 Å². The molecule has 0 saturated carbocycles.